The maximum Gasteiger partial charge on any atom is 0.268 e. The number of rotatable bonds is 2. The fourth-order valence-electron chi connectivity index (χ4n) is 3.19. The van der Waals surface area contributed by atoms with Crippen molar-refractivity contribution in [2.75, 3.05) is 7.11 Å². The van der Waals surface area contributed by atoms with Crippen molar-refractivity contribution in [3.05, 3.63) is 47.2 Å². The van der Waals surface area contributed by atoms with E-state index >= 15 is 0 Å². The highest BCUT2D eigenvalue weighted by Crippen LogP contribution is 2.42. The van der Waals surface area contributed by atoms with E-state index in [4.69, 9.17) is 4.74 Å². The zero-order valence-electron chi connectivity index (χ0n) is 18.7. The van der Waals surface area contributed by atoms with Gasteiger partial charge in [-0.25, -0.2) is 0 Å². The minimum atomic E-state index is -0.0801. The highest BCUT2D eigenvalue weighted by atomic mass is 16.5. The first kappa shape index (κ1) is 21.3. The van der Waals surface area contributed by atoms with Crippen LogP contribution in [0.15, 0.2) is 30.5 Å². The summed E-state index contributed by atoms with van der Waals surface area (Å²) in [5.74, 6) is 0.823. The lowest BCUT2D eigenvalue weighted by atomic mass is 9.78. The van der Waals surface area contributed by atoms with Gasteiger partial charge in [-0.1, -0.05) is 68.4 Å². The average molecular weight is 371 g/mol. The van der Waals surface area contributed by atoms with Crippen molar-refractivity contribution < 1.29 is 14.7 Å². The summed E-state index contributed by atoms with van der Waals surface area (Å²) in [4.78, 5) is 0. The molecule has 1 N–H and O–H groups in total. The van der Waals surface area contributed by atoms with Gasteiger partial charge >= 0.3 is 0 Å². The summed E-state index contributed by atoms with van der Waals surface area (Å²) in [6.07, 6.45) is 1.72. The Kier molecular flexibility index (Phi) is 5.40. The summed E-state index contributed by atoms with van der Waals surface area (Å²) in [5.41, 5.74) is 5.11. The van der Waals surface area contributed by atoms with E-state index in [9.17, 15) is 5.21 Å². The molecular formula is C24H36NO2+. The molecule has 0 bridgehead atoms. The molecule has 0 unspecified atom stereocenters. The number of benzene rings is 1. The smallest absolute Gasteiger partial charge is 0.268 e. The Bertz CT molecular complexity index is 831. The van der Waals surface area contributed by atoms with Gasteiger partial charge in [-0.3, -0.25) is 5.21 Å². The van der Waals surface area contributed by atoms with Crippen LogP contribution >= 0.6 is 0 Å². The van der Waals surface area contributed by atoms with Crippen molar-refractivity contribution in [2.24, 2.45) is 0 Å². The van der Waals surface area contributed by atoms with Crippen LogP contribution in [0.2, 0.25) is 0 Å². The molecule has 0 spiro atoms. The number of nitrogens with zero attached hydrogens (tertiary/aromatic N) is 1. The summed E-state index contributed by atoms with van der Waals surface area (Å²) < 4.78 is 7.08. The van der Waals surface area contributed by atoms with Crippen LogP contribution < -0.4 is 9.47 Å². The molecular weight excluding hydrogens is 334 g/mol. The Labute approximate surface area is 165 Å². The monoisotopic (exact) mass is 370 g/mol. The second-order valence-electron chi connectivity index (χ2n) is 10.5. The second-order valence-corrected chi connectivity index (χ2v) is 10.5. The number of methoxy groups -OCH3 is 1. The van der Waals surface area contributed by atoms with Gasteiger partial charge in [0.05, 0.1) is 12.7 Å². The third kappa shape index (κ3) is 4.45. The van der Waals surface area contributed by atoms with Gasteiger partial charge in [0.1, 0.15) is 5.75 Å². The number of pyridine rings is 1. The van der Waals surface area contributed by atoms with Crippen molar-refractivity contribution in [3.8, 4) is 17.0 Å². The van der Waals surface area contributed by atoms with E-state index in [1.807, 2.05) is 6.07 Å². The lowest BCUT2D eigenvalue weighted by molar-refractivity contribution is -0.896. The molecule has 0 saturated carbocycles. The standard InChI is InChI=1S/C24H36NO2/c1-22(2,3)16-11-12-25(26)20(15-16)18-13-17(23(4,5)6)14-19(21(18)27-10)24(7,8)9/h11-15,26H,1-10H3/q+1. The molecule has 0 aliphatic carbocycles. The van der Waals surface area contributed by atoms with Gasteiger partial charge in [-0.05, 0) is 33.4 Å². The second kappa shape index (κ2) is 6.85. The molecule has 1 aromatic carbocycles. The highest BCUT2D eigenvalue weighted by Gasteiger charge is 2.30. The fraction of sp³-hybridized carbons (Fsp3) is 0.542. The van der Waals surface area contributed by atoms with Crippen LogP contribution in [0.25, 0.3) is 11.3 Å². The van der Waals surface area contributed by atoms with E-state index < -0.39 is 0 Å². The third-order valence-corrected chi connectivity index (χ3v) is 5.04. The van der Waals surface area contributed by atoms with Crippen LogP contribution in [0.1, 0.15) is 79.0 Å². The Morgan fingerprint density at radius 3 is 1.78 bits per heavy atom. The van der Waals surface area contributed by atoms with Crippen LogP contribution in [0.3, 0.4) is 0 Å². The molecule has 0 aliphatic rings. The lowest BCUT2D eigenvalue weighted by Gasteiger charge is -2.28. The molecule has 1 heterocycles. The topological polar surface area (TPSA) is 33.3 Å². The average Bonchev–Trinajstić information content (AvgIpc) is 2.51. The molecule has 0 amide bonds. The maximum absolute atomic E-state index is 10.6. The van der Waals surface area contributed by atoms with Gasteiger partial charge < -0.3 is 4.74 Å². The fourth-order valence-corrected chi connectivity index (χ4v) is 3.19. The quantitative estimate of drug-likeness (QED) is 0.537. The third-order valence-electron chi connectivity index (χ3n) is 5.04. The largest absolute Gasteiger partial charge is 0.496 e. The molecule has 148 valence electrons. The van der Waals surface area contributed by atoms with Crippen molar-refractivity contribution in [3.63, 3.8) is 0 Å². The molecule has 0 saturated heterocycles. The maximum atomic E-state index is 10.6. The SMILES string of the molecule is COc1c(-c2cc(C(C)(C)C)cc[n+]2O)cc(C(C)(C)C)cc1C(C)(C)C. The molecule has 0 radical (unpaired) electrons. The van der Waals surface area contributed by atoms with Gasteiger partial charge in [-0.15, -0.1) is 0 Å². The Hall–Kier alpha value is -2.03. The summed E-state index contributed by atoms with van der Waals surface area (Å²) in [6, 6.07) is 8.44. The summed E-state index contributed by atoms with van der Waals surface area (Å²) in [7, 11) is 1.71. The molecule has 2 rings (SSSR count). The van der Waals surface area contributed by atoms with E-state index in [-0.39, 0.29) is 16.2 Å². The summed E-state index contributed by atoms with van der Waals surface area (Å²) in [5, 5.41) is 10.6. The number of ether oxygens (including phenoxy) is 1. The number of hydrogen-bond acceptors (Lipinski definition) is 2. The molecule has 0 aliphatic heterocycles. The predicted octanol–water partition coefficient (Wildman–Crippen LogP) is 5.78. The minimum absolute atomic E-state index is 0.00919. The van der Waals surface area contributed by atoms with Crippen molar-refractivity contribution in [1.82, 2.24) is 0 Å². The molecule has 3 heteroatoms. The van der Waals surface area contributed by atoms with Gasteiger partial charge in [0, 0.05) is 22.4 Å². The minimum Gasteiger partial charge on any atom is -0.496 e. The molecule has 27 heavy (non-hydrogen) atoms. The molecule has 1 aromatic heterocycles. The van der Waals surface area contributed by atoms with Crippen LogP contribution in [-0.2, 0) is 16.2 Å². The van der Waals surface area contributed by atoms with Crippen molar-refractivity contribution >= 4 is 0 Å². The van der Waals surface area contributed by atoms with Crippen LogP contribution in [0.5, 0.6) is 5.75 Å². The number of hydrogen-bond donors (Lipinski definition) is 1. The molecule has 0 fully saturated rings. The molecule has 2 aromatic rings. The van der Waals surface area contributed by atoms with Crippen LogP contribution in [0, 0.1) is 0 Å². The Morgan fingerprint density at radius 2 is 1.33 bits per heavy atom. The van der Waals surface area contributed by atoms with Gasteiger partial charge in [-0.2, -0.15) is 0 Å². The van der Waals surface area contributed by atoms with E-state index in [1.54, 1.807) is 13.3 Å². The normalized spacial score (nSPS) is 13.0. The van der Waals surface area contributed by atoms with E-state index in [1.165, 1.54) is 15.9 Å². The zero-order valence-corrected chi connectivity index (χ0v) is 18.7. The lowest BCUT2D eigenvalue weighted by Crippen LogP contribution is -2.33. The van der Waals surface area contributed by atoms with E-state index in [0.29, 0.717) is 0 Å². The van der Waals surface area contributed by atoms with E-state index in [0.717, 1.165) is 22.6 Å². The Balaban J connectivity index is 2.91. The zero-order chi connectivity index (χ0) is 20.8. The number of aromatic nitrogens is 1. The van der Waals surface area contributed by atoms with Crippen LogP contribution in [0.4, 0.5) is 0 Å². The first-order chi connectivity index (χ1) is 12.2. The molecule has 3 nitrogen and oxygen atoms in total. The highest BCUT2D eigenvalue weighted by molar-refractivity contribution is 5.70. The summed E-state index contributed by atoms with van der Waals surface area (Å²) in [6.45, 7) is 19.8. The van der Waals surface area contributed by atoms with Gasteiger partial charge in [0.15, 0.2) is 0 Å². The van der Waals surface area contributed by atoms with Crippen molar-refractivity contribution in [1.29, 1.82) is 0 Å². The van der Waals surface area contributed by atoms with Crippen molar-refractivity contribution in [2.45, 2.75) is 78.6 Å². The first-order valence-corrected chi connectivity index (χ1v) is 9.65. The van der Waals surface area contributed by atoms with Crippen LogP contribution in [-0.4, -0.2) is 12.3 Å². The van der Waals surface area contributed by atoms with Gasteiger partial charge in [0.25, 0.3) is 5.69 Å². The Morgan fingerprint density at radius 1 is 0.778 bits per heavy atom. The predicted molar refractivity (Wildman–Crippen MR) is 112 cm³/mol. The summed E-state index contributed by atoms with van der Waals surface area (Å²) >= 11 is 0. The van der Waals surface area contributed by atoms with E-state index in [2.05, 4.69) is 80.5 Å². The van der Waals surface area contributed by atoms with Gasteiger partial charge in [0.2, 0.25) is 6.20 Å². The first-order valence-electron chi connectivity index (χ1n) is 9.65. The molecule has 0 atom stereocenters.